The summed E-state index contributed by atoms with van der Waals surface area (Å²) in [6.45, 7) is 3.41. The highest BCUT2D eigenvalue weighted by molar-refractivity contribution is 14.0. The zero-order valence-electron chi connectivity index (χ0n) is 14.7. The third-order valence-corrected chi connectivity index (χ3v) is 4.09. The molecule has 2 aromatic rings. The number of halogens is 1. The molecule has 0 radical (unpaired) electrons. The Morgan fingerprint density at radius 1 is 1.24 bits per heavy atom. The Hall–Kier alpha value is -1.68. The number of nitrogens with one attached hydrogen (secondary N) is 2. The molecule has 1 aromatic carbocycles. The van der Waals surface area contributed by atoms with Gasteiger partial charge in [0.1, 0.15) is 11.6 Å². The molecule has 0 fully saturated rings. The minimum atomic E-state index is -0.0344. The topological polar surface area (TPSA) is 69.6 Å². The summed E-state index contributed by atoms with van der Waals surface area (Å²) in [6.07, 6.45) is 0. The number of likely N-dealkylation sites (N-methyl/N-ethyl adjacent to an activating group) is 1. The maximum Gasteiger partial charge on any atom is 0.243 e. The molecule has 6 nitrogen and oxygen atoms in total. The number of nitrogens with zero attached hydrogens (tertiary/aromatic N) is 3. The van der Waals surface area contributed by atoms with Gasteiger partial charge in [-0.1, -0.05) is 30.3 Å². The second-order valence-corrected chi connectivity index (χ2v) is 6.27. The SMILES string of the molecule is CCNC(=NCC(=O)N(C)C)NCc1nc(-c2ccccc2)cs1.I. The van der Waals surface area contributed by atoms with Gasteiger partial charge in [0.2, 0.25) is 5.91 Å². The van der Waals surface area contributed by atoms with E-state index in [4.69, 9.17) is 0 Å². The van der Waals surface area contributed by atoms with E-state index < -0.39 is 0 Å². The van der Waals surface area contributed by atoms with E-state index in [2.05, 4.69) is 20.6 Å². The van der Waals surface area contributed by atoms with E-state index >= 15 is 0 Å². The number of hydrogen-bond donors (Lipinski definition) is 2. The number of carbonyl (C=O) groups is 1. The van der Waals surface area contributed by atoms with E-state index in [9.17, 15) is 4.79 Å². The molecule has 0 bridgehead atoms. The van der Waals surface area contributed by atoms with Crippen LogP contribution in [-0.4, -0.2) is 48.9 Å². The predicted molar refractivity (Wildman–Crippen MR) is 114 cm³/mol. The molecular weight excluding hydrogens is 449 g/mol. The first-order chi connectivity index (χ1) is 11.6. The fraction of sp³-hybridized carbons (Fsp3) is 0.353. The first-order valence-electron chi connectivity index (χ1n) is 7.82. The normalized spacial score (nSPS) is 10.8. The molecular formula is C17H24IN5OS. The Morgan fingerprint density at radius 2 is 1.96 bits per heavy atom. The average Bonchev–Trinajstić information content (AvgIpc) is 3.06. The van der Waals surface area contributed by atoms with Gasteiger partial charge in [0.05, 0.1) is 12.2 Å². The summed E-state index contributed by atoms with van der Waals surface area (Å²) < 4.78 is 0. The van der Waals surface area contributed by atoms with E-state index in [1.54, 1.807) is 25.4 Å². The van der Waals surface area contributed by atoms with Crippen LogP contribution < -0.4 is 10.6 Å². The lowest BCUT2D eigenvalue weighted by Gasteiger charge is -2.11. The second kappa shape index (κ2) is 11.0. The highest BCUT2D eigenvalue weighted by Gasteiger charge is 2.07. The standard InChI is InChI=1S/C17H23N5OS.HI/c1-4-18-17(20-11-16(23)22(2)3)19-10-15-21-14(12-24-15)13-8-6-5-7-9-13;/h5-9,12H,4,10-11H2,1-3H3,(H2,18,19,20);1H. The molecule has 25 heavy (non-hydrogen) atoms. The maximum absolute atomic E-state index is 11.6. The highest BCUT2D eigenvalue weighted by Crippen LogP contribution is 2.21. The average molecular weight is 473 g/mol. The molecule has 1 amide bonds. The smallest absolute Gasteiger partial charge is 0.243 e. The Bertz CT molecular complexity index is 687. The van der Waals surface area contributed by atoms with Gasteiger partial charge in [-0.2, -0.15) is 0 Å². The van der Waals surface area contributed by atoms with E-state index in [-0.39, 0.29) is 36.4 Å². The van der Waals surface area contributed by atoms with E-state index in [1.165, 1.54) is 4.90 Å². The number of benzene rings is 1. The molecule has 0 atom stereocenters. The van der Waals surface area contributed by atoms with Crippen molar-refractivity contribution in [1.82, 2.24) is 20.5 Å². The molecule has 1 aromatic heterocycles. The van der Waals surface area contributed by atoms with Gasteiger partial charge in [0.15, 0.2) is 5.96 Å². The van der Waals surface area contributed by atoms with E-state index in [0.29, 0.717) is 12.5 Å². The molecule has 0 unspecified atom stereocenters. The van der Waals surface area contributed by atoms with Gasteiger partial charge in [-0.25, -0.2) is 9.98 Å². The van der Waals surface area contributed by atoms with Crippen LogP contribution in [0.3, 0.4) is 0 Å². The highest BCUT2D eigenvalue weighted by atomic mass is 127. The second-order valence-electron chi connectivity index (χ2n) is 5.33. The van der Waals surface area contributed by atoms with Gasteiger partial charge in [-0.05, 0) is 6.92 Å². The molecule has 136 valence electrons. The maximum atomic E-state index is 11.6. The van der Waals surface area contributed by atoms with Crippen molar-refractivity contribution in [2.45, 2.75) is 13.5 Å². The molecule has 0 saturated carbocycles. The summed E-state index contributed by atoms with van der Waals surface area (Å²) in [4.78, 5) is 22.1. The molecule has 0 aliphatic carbocycles. The van der Waals surface area contributed by atoms with Crippen LogP contribution in [0, 0.1) is 0 Å². The van der Waals surface area contributed by atoms with Crippen LogP contribution in [0.25, 0.3) is 11.3 Å². The number of aliphatic imine (C=N–C) groups is 1. The van der Waals surface area contributed by atoms with Crippen LogP contribution in [0.4, 0.5) is 0 Å². The van der Waals surface area contributed by atoms with Gasteiger partial charge < -0.3 is 15.5 Å². The molecule has 0 aliphatic rings. The van der Waals surface area contributed by atoms with Crippen LogP contribution in [0.15, 0.2) is 40.7 Å². The van der Waals surface area contributed by atoms with Crippen molar-refractivity contribution in [2.75, 3.05) is 27.2 Å². The number of carbonyl (C=O) groups excluding carboxylic acids is 1. The van der Waals surface area contributed by atoms with Crippen LogP contribution in [-0.2, 0) is 11.3 Å². The third kappa shape index (κ3) is 6.99. The lowest BCUT2D eigenvalue weighted by Crippen LogP contribution is -2.38. The molecule has 0 aliphatic heterocycles. The number of rotatable bonds is 6. The number of aromatic nitrogens is 1. The number of guanidine groups is 1. The van der Waals surface area contributed by atoms with Gasteiger partial charge in [0, 0.05) is 31.6 Å². The number of hydrogen-bond acceptors (Lipinski definition) is 4. The van der Waals surface area contributed by atoms with E-state index in [1.807, 2.05) is 42.6 Å². The van der Waals surface area contributed by atoms with Gasteiger partial charge in [-0.3, -0.25) is 4.79 Å². The lowest BCUT2D eigenvalue weighted by molar-refractivity contribution is -0.127. The molecule has 8 heteroatoms. The zero-order valence-corrected chi connectivity index (χ0v) is 17.8. The minimum Gasteiger partial charge on any atom is -0.357 e. The quantitative estimate of drug-likeness (QED) is 0.385. The van der Waals surface area contributed by atoms with Crippen molar-refractivity contribution in [3.63, 3.8) is 0 Å². The zero-order chi connectivity index (χ0) is 17.4. The first-order valence-corrected chi connectivity index (χ1v) is 8.70. The molecule has 1 heterocycles. The third-order valence-electron chi connectivity index (χ3n) is 3.24. The van der Waals surface area contributed by atoms with Gasteiger partial charge >= 0.3 is 0 Å². The summed E-state index contributed by atoms with van der Waals surface area (Å²) in [7, 11) is 3.44. The predicted octanol–water partition coefficient (Wildman–Crippen LogP) is 2.57. The molecule has 2 N–H and O–H groups in total. The minimum absolute atomic E-state index is 0. The summed E-state index contributed by atoms with van der Waals surface area (Å²) in [5, 5.41) is 9.36. The fourth-order valence-corrected chi connectivity index (χ4v) is 2.67. The summed E-state index contributed by atoms with van der Waals surface area (Å²) in [6, 6.07) is 10.1. The number of thiazole rings is 1. The van der Waals surface area contributed by atoms with Gasteiger partial charge in [0.25, 0.3) is 0 Å². The van der Waals surface area contributed by atoms with Gasteiger partial charge in [-0.15, -0.1) is 35.3 Å². The van der Waals surface area contributed by atoms with Crippen molar-refractivity contribution in [3.8, 4) is 11.3 Å². The molecule has 0 spiro atoms. The number of amides is 1. The Balaban J connectivity index is 0.00000312. The Labute approximate surface area is 169 Å². The lowest BCUT2D eigenvalue weighted by atomic mass is 10.2. The first kappa shape index (κ1) is 21.4. The summed E-state index contributed by atoms with van der Waals surface area (Å²) in [5.74, 6) is 0.581. The summed E-state index contributed by atoms with van der Waals surface area (Å²) >= 11 is 1.60. The van der Waals surface area contributed by atoms with Crippen LogP contribution in [0.1, 0.15) is 11.9 Å². The van der Waals surface area contributed by atoms with Crippen LogP contribution in [0.2, 0.25) is 0 Å². The van der Waals surface area contributed by atoms with Crippen molar-refractivity contribution < 1.29 is 4.79 Å². The molecule has 2 rings (SSSR count). The van der Waals surface area contributed by atoms with Crippen LogP contribution >= 0.6 is 35.3 Å². The Kier molecular flexibility index (Phi) is 9.43. The fourth-order valence-electron chi connectivity index (χ4n) is 1.92. The largest absolute Gasteiger partial charge is 0.357 e. The van der Waals surface area contributed by atoms with Crippen LogP contribution in [0.5, 0.6) is 0 Å². The van der Waals surface area contributed by atoms with Crippen molar-refractivity contribution in [3.05, 3.63) is 40.7 Å². The molecule has 0 saturated heterocycles. The van der Waals surface area contributed by atoms with Crippen molar-refractivity contribution >= 4 is 47.2 Å². The van der Waals surface area contributed by atoms with Crippen molar-refractivity contribution in [2.24, 2.45) is 4.99 Å². The van der Waals surface area contributed by atoms with Crippen molar-refractivity contribution in [1.29, 1.82) is 0 Å². The van der Waals surface area contributed by atoms with E-state index in [0.717, 1.165) is 22.8 Å². The Morgan fingerprint density at radius 3 is 2.60 bits per heavy atom. The summed E-state index contributed by atoms with van der Waals surface area (Å²) in [5.41, 5.74) is 2.08. The monoisotopic (exact) mass is 473 g/mol.